The summed E-state index contributed by atoms with van der Waals surface area (Å²) in [6, 6.07) is 0. The third-order valence-electron chi connectivity index (χ3n) is 0.736. The molecule has 0 saturated carbocycles. The van der Waals surface area contributed by atoms with E-state index < -0.39 is 0 Å². The molecule has 0 aliphatic heterocycles. The van der Waals surface area contributed by atoms with Crippen molar-refractivity contribution >= 4 is 0 Å². The minimum Gasteiger partial charge on any atom is -0.379 e. The highest BCUT2D eigenvalue weighted by molar-refractivity contribution is 4.42. The van der Waals surface area contributed by atoms with Gasteiger partial charge in [0.2, 0.25) is 0 Å². The Morgan fingerprint density at radius 3 is 2.78 bits per heavy atom. The zero-order valence-corrected chi connectivity index (χ0v) is 5.63. The van der Waals surface area contributed by atoms with Crippen LogP contribution in [0.25, 0.3) is 0 Å². The van der Waals surface area contributed by atoms with Gasteiger partial charge in [-0.2, -0.15) is 0 Å². The molecule has 0 amide bonds. The summed E-state index contributed by atoms with van der Waals surface area (Å²) in [6.07, 6.45) is 0. The molecule has 2 radical (unpaired) electrons. The highest BCUT2D eigenvalue weighted by atomic mass is 16.5. The zero-order chi connectivity index (χ0) is 6.95. The second-order valence-electron chi connectivity index (χ2n) is 1.40. The lowest BCUT2D eigenvalue weighted by molar-refractivity contribution is 0.0580. The lowest BCUT2D eigenvalue weighted by Gasteiger charge is -1.99. The molecule has 9 heavy (non-hydrogen) atoms. The Labute approximate surface area is 55.6 Å². The minimum atomic E-state index is -0.286. The summed E-state index contributed by atoms with van der Waals surface area (Å²) in [7, 11) is 0. The molecular formula is C6H12O3. The quantitative estimate of drug-likeness (QED) is 0.497. The zero-order valence-electron chi connectivity index (χ0n) is 5.63. The van der Waals surface area contributed by atoms with E-state index in [0.29, 0.717) is 19.8 Å². The molecule has 0 rings (SSSR count). The normalized spacial score (nSPS) is 10.0. The molecule has 0 unspecified atom stereocenters. The Hall–Kier alpha value is -0.120. The maximum Gasteiger partial charge on any atom is 0.113 e. The smallest absolute Gasteiger partial charge is 0.113 e. The van der Waals surface area contributed by atoms with Crippen LogP contribution in [0, 0.1) is 6.61 Å². The minimum absolute atomic E-state index is 0.286. The summed E-state index contributed by atoms with van der Waals surface area (Å²) < 4.78 is 9.66. The van der Waals surface area contributed by atoms with Crippen LogP contribution >= 0.6 is 0 Å². The van der Waals surface area contributed by atoms with Gasteiger partial charge in [0.15, 0.2) is 0 Å². The van der Waals surface area contributed by atoms with E-state index in [9.17, 15) is 5.11 Å². The van der Waals surface area contributed by atoms with Crippen LogP contribution in [0.3, 0.4) is 0 Å². The van der Waals surface area contributed by atoms with Crippen LogP contribution in [-0.4, -0.2) is 26.4 Å². The Morgan fingerprint density at radius 2 is 2.22 bits per heavy atom. The number of hydrogen-bond donors (Lipinski definition) is 0. The maximum atomic E-state index is 9.74. The molecular weight excluding hydrogens is 120 g/mol. The Balaban J connectivity index is 2.60. The van der Waals surface area contributed by atoms with E-state index in [2.05, 4.69) is 0 Å². The number of rotatable bonds is 6. The van der Waals surface area contributed by atoms with Crippen LogP contribution in [0.4, 0.5) is 0 Å². The molecule has 0 aliphatic rings. The first kappa shape index (κ1) is 8.88. The van der Waals surface area contributed by atoms with Crippen molar-refractivity contribution in [3.8, 4) is 0 Å². The van der Waals surface area contributed by atoms with Gasteiger partial charge in [0.25, 0.3) is 0 Å². The second kappa shape index (κ2) is 7.88. The first-order chi connectivity index (χ1) is 4.41. The van der Waals surface area contributed by atoms with Crippen LogP contribution in [0.2, 0.25) is 0 Å². The molecule has 0 aromatic carbocycles. The summed E-state index contributed by atoms with van der Waals surface area (Å²) in [4.78, 5) is 0. The fraction of sp³-hybridized carbons (Fsp3) is 0.833. The second-order valence-corrected chi connectivity index (χ2v) is 1.40. The van der Waals surface area contributed by atoms with Crippen LogP contribution < -0.4 is 0 Å². The SMILES string of the molecule is CCOCCO[CH]C[O]. The summed E-state index contributed by atoms with van der Waals surface area (Å²) in [5, 5.41) is 9.74. The Kier molecular flexibility index (Phi) is 7.77. The predicted molar refractivity (Wildman–Crippen MR) is 32.3 cm³/mol. The average molecular weight is 132 g/mol. The van der Waals surface area contributed by atoms with Gasteiger partial charge >= 0.3 is 0 Å². The van der Waals surface area contributed by atoms with E-state index in [-0.39, 0.29) is 6.61 Å². The van der Waals surface area contributed by atoms with E-state index in [1.54, 1.807) is 0 Å². The maximum absolute atomic E-state index is 9.74. The van der Waals surface area contributed by atoms with Gasteiger partial charge in [0, 0.05) is 6.61 Å². The first-order valence-electron chi connectivity index (χ1n) is 3.01. The largest absolute Gasteiger partial charge is 0.379 e. The lowest BCUT2D eigenvalue weighted by atomic mass is 10.7. The van der Waals surface area contributed by atoms with Crippen molar-refractivity contribution in [1.82, 2.24) is 0 Å². The highest BCUT2D eigenvalue weighted by Gasteiger charge is 1.86. The van der Waals surface area contributed by atoms with Crippen molar-refractivity contribution in [3.63, 3.8) is 0 Å². The summed E-state index contributed by atoms with van der Waals surface area (Å²) in [5.74, 6) is 0. The number of ether oxygens (including phenoxy) is 2. The molecule has 54 valence electrons. The van der Waals surface area contributed by atoms with Gasteiger partial charge in [-0.15, -0.1) is 0 Å². The van der Waals surface area contributed by atoms with Crippen molar-refractivity contribution in [2.75, 3.05) is 26.4 Å². The molecule has 0 spiro atoms. The van der Waals surface area contributed by atoms with Gasteiger partial charge < -0.3 is 9.47 Å². The van der Waals surface area contributed by atoms with Crippen LogP contribution in [0.5, 0.6) is 0 Å². The van der Waals surface area contributed by atoms with Crippen molar-refractivity contribution in [1.29, 1.82) is 0 Å². The lowest BCUT2D eigenvalue weighted by Crippen LogP contribution is -2.02. The Morgan fingerprint density at radius 1 is 1.44 bits per heavy atom. The molecule has 0 saturated heterocycles. The summed E-state index contributed by atoms with van der Waals surface area (Å²) >= 11 is 0. The van der Waals surface area contributed by atoms with E-state index in [0.717, 1.165) is 0 Å². The molecule has 0 N–H and O–H groups in total. The third-order valence-corrected chi connectivity index (χ3v) is 0.736. The fourth-order valence-corrected chi connectivity index (χ4v) is 0.383. The number of hydrogen-bond acceptors (Lipinski definition) is 2. The molecule has 0 bridgehead atoms. The molecule has 0 aromatic rings. The van der Waals surface area contributed by atoms with Gasteiger partial charge in [-0.1, -0.05) is 0 Å². The van der Waals surface area contributed by atoms with Crippen molar-refractivity contribution < 1.29 is 14.6 Å². The monoisotopic (exact) mass is 132 g/mol. The van der Waals surface area contributed by atoms with Crippen LogP contribution in [-0.2, 0) is 14.6 Å². The van der Waals surface area contributed by atoms with Gasteiger partial charge in [0.05, 0.1) is 13.2 Å². The highest BCUT2D eigenvalue weighted by Crippen LogP contribution is 1.80. The standard InChI is InChI=1S/C6H12O3/c1-2-8-5-6-9-4-3-7/h4H,2-3,5-6H2,1H3. The summed E-state index contributed by atoms with van der Waals surface area (Å²) in [5.41, 5.74) is 0. The molecule has 0 atom stereocenters. The molecule has 3 heteroatoms. The van der Waals surface area contributed by atoms with E-state index in [4.69, 9.17) is 9.47 Å². The molecule has 0 fully saturated rings. The van der Waals surface area contributed by atoms with Crippen LogP contribution in [0.15, 0.2) is 0 Å². The summed E-state index contributed by atoms with van der Waals surface area (Å²) in [6.45, 7) is 4.60. The topological polar surface area (TPSA) is 38.4 Å². The predicted octanol–water partition coefficient (Wildman–Crippen LogP) is 0.632. The van der Waals surface area contributed by atoms with Gasteiger partial charge in [-0.05, 0) is 6.92 Å². The molecule has 3 nitrogen and oxygen atoms in total. The van der Waals surface area contributed by atoms with Gasteiger partial charge in [-0.25, -0.2) is 5.11 Å². The fourth-order valence-electron chi connectivity index (χ4n) is 0.383. The first-order valence-corrected chi connectivity index (χ1v) is 3.01. The van der Waals surface area contributed by atoms with Crippen molar-refractivity contribution in [2.45, 2.75) is 6.92 Å². The molecule has 0 aromatic heterocycles. The average Bonchev–Trinajstić information content (AvgIpc) is 1.89. The van der Waals surface area contributed by atoms with Crippen LogP contribution in [0.1, 0.15) is 6.92 Å². The Bertz CT molecular complexity index is 41.6. The van der Waals surface area contributed by atoms with Crippen molar-refractivity contribution in [2.24, 2.45) is 0 Å². The molecule has 0 heterocycles. The van der Waals surface area contributed by atoms with E-state index >= 15 is 0 Å². The third kappa shape index (κ3) is 7.88. The van der Waals surface area contributed by atoms with E-state index in [1.165, 1.54) is 6.61 Å². The van der Waals surface area contributed by atoms with Gasteiger partial charge in [-0.3, -0.25) is 0 Å². The van der Waals surface area contributed by atoms with Crippen molar-refractivity contribution in [3.05, 3.63) is 6.61 Å². The van der Waals surface area contributed by atoms with E-state index in [1.807, 2.05) is 6.92 Å². The van der Waals surface area contributed by atoms with Gasteiger partial charge in [0.1, 0.15) is 13.2 Å². The molecule has 0 aliphatic carbocycles.